The zero-order valence-corrected chi connectivity index (χ0v) is 13.8. The summed E-state index contributed by atoms with van der Waals surface area (Å²) >= 11 is 0. The first-order valence-electron chi connectivity index (χ1n) is 7.78. The lowest BCUT2D eigenvalue weighted by molar-refractivity contribution is 0.117. The molecule has 2 N–H and O–H groups in total. The predicted octanol–water partition coefficient (Wildman–Crippen LogP) is 2.22. The summed E-state index contributed by atoms with van der Waals surface area (Å²) in [5, 5.41) is 25.9. The van der Waals surface area contributed by atoms with Crippen molar-refractivity contribution in [2.24, 2.45) is 0 Å². The summed E-state index contributed by atoms with van der Waals surface area (Å²) < 4.78 is 12.5. The standard InChI is InChI=1S/C17H22N4O3/c1-13(2)21-9-7-17(20-21)19-11-14(22)12-24-16-5-3-15(4-6-16)23-10-8-18/h3-7,9,13-14,22H,10-12H2,1-2H3,(H,19,20). The third kappa shape index (κ3) is 5.48. The van der Waals surface area contributed by atoms with Gasteiger partial charge in [0.15, 0.2) is 6.61 Å². The van der Waals surface area contributed by atoms with E-state index in [1.54, 1.807) is 24.3 Å². The number of nitriles is 1. The Bertz CT molecular complexity index is 661. The highest BCUT2D eigenvalue weighted by Crippen LogP contribution is 2.17. The van der Waals surface area contributed by atoms with E-state index in [0.717, 1.165) is 5.82 Å². The number of rotatable bonds is 9. The second kappa shape index (κ2) is 8.79. The van der Waals surface area contributed by atoms with Crippen LogP contribution >= 0.6 is 0 Å². The van der Waals surface area contributed by atoms with Gasteiger partial charge in [-0.1, -0.05) is 0 Å². The summed E-state index contributed by atoms with van der Waals surface area (Å²) in [6, 6.07) is 11.0. The molecule has 2 rings (SSSR count). The Balaban J connectivity index is 1.72. The molecule has 1 aromatic heterocycles. The van der Waals surface area contributed by atoms with Gasteiger partial charge in [-0.2, -0.15) is 10.4 Å². The third-order valence-electron chi connectivity index (χ3n) is 3.23. The van der Waals surface area contributed by atoms with Gasteiger partial charge in [0, 0.05) is 24.8 Å². The minimum Gasteiger partial charge on any atom is -0.491 e. The zero-order valence-electron chi connectivity index (χ0n) is 13.8. The molecule has 1 unspecified atom stereocenters. The third-order valence-corrected chi connectivity index (χ3v) is 3.23. The summed E-state index contributed by atoms with van der Waals surface area (Å²) in [6.07, 6.45) is 1.23. The number of anilines is 1. The van der Waals surface area contributed by atoms with Crippen LogP contribution < -0.4 is 14.8 Å². The highest BCUT2D eigenvalue weighted by molar-refractivity contribution is 5.33. The van der Waals surface area contributed by atoms with Gasteiger partial charge in [0.05, 0.1) is 0 Å². The fraction of sp³-hybridized carbons (Fsp3) is 0.412. The molecule has 24 heavy (non-hydrogen) atoms. The normalized spacial score (nSPS) is 11.8. The van der Waals surface area contributed by atoms with Gasteiger partial charge < -0.3 is 19.9 Å². The van der Waals surface area contributed by atoms with Gasteiger partial charge in [-0.05, 0) is 38.1 Å². The van der Waals surface area contributed by atoms with E-state index in [-0.39, 0.29) is 13.2 Å². The minimum atomic E-state index is -0.663. The van der Waals surface area contributed by atoms with Gasteiger partial charge in [0.1, 0.15) is 36.1 Å². The van der Waals surface area contributed by atoms with Crippen molar-refractivity contribution in [3.8, 4) is 17.6 Å². The molecule has 0 fully saturated rings. The largest absolute Gasteiger partial charge is 0.491 e. The van der Waals surface area contributed by atoms with Gasteiger partial charge in [-0.25, -0.2) is 0 Å². The molecule has 7 nitrogen and oxygen atoms in total. The number of ether oxygens (including phenoxy) is 2. The first-order valence-corrected chi connectivity index (χ1v) is 7.78. The fourth-order valence-corrected chi connectivity index (χ4v) is 1.94. The molecule has 0 saturated carbocycles. The van der Waals surface area contributed by atoms with Crippen LogP contribution in [0.15, 0.2) is 36.5 Å². The molecule has 0 bridgehead atoms. The first-order chi connectivity index (χ1) is 11.6. The number of aliphatic hydroxyl groups is 1. The van der Waals surface area contributed by atoms with Crippen LogP contribution in [0.1, 0.15) is 19.9 Å². The van der Waals surface area contributed by atoms with Crippen molar-refractivity contribution in [1.82, 2.24) is 9.78 Å². The highest BCUT2D eigenvalue weighted by Gasteiger charge is 2.07. The Kier molecular flexibility index (Phi) is 6.46. The van der Waals surface area contributed by atoms with E-state index in [9.17, 15) is 5.11 Å². The molecular formula is C17H22N4O3. The van der Waals surface area contributed by atoms with E-state index < -0.39 is 6.10 Å². The number of nitrogens with zero attached hydrogens (tertiary/aromatic N) is 3. The second-order valence-electron chi connectivity index (χ2n) is 5.54. The van der Waals surface area contributed by atoms with Crippen LogP contribution in [0.25, 0.3) is 0 Å². The van der Waals surface area contributed by atoms with Crippen molar-refractivity contribution in [3.05, 3.63) is 36.5 Å². The van der Waals surface area contributed by atoms with Crippen LogP contribution in [-0.4, -0.2) is 40.7 Å². The SMILES string of the molecule is CC(C)n1ccc(NCC(O)COc2ccc(OCC#N)cc2)n1. The van der Waals surface area contributed by atoms with Crippen molar-refractivity contribution in [3.63, 3.8) is 0 Å². The average Bonchev–Trinajstić information content (AvgIpc) is 3.06. The molecule has 0 radical (unpaired) electrons. The van der Waals surface area contributed by atoms with E-state index in [1.807, 2.05) is 23.0 Å². The Morgan fingerprint density at radius 3 is 2.46 bits per heavy atom. The van der Waals surface area contributed by atoms with Gasteiger partial charge in [0.2, 0.25) is 0 Å². The zero-order chi connectivity index (χ0) is 17.4. The number of aromatic nitrogens is 2. The molecular weight excluding hydrogens is 308 g/mol. The van der Waals surface area contributed by atoms with E-state index >= 15 is 0 Å². The van der Waals surface area contributed by atoms with Crippen molar-refractivity contribution in [1.29, 1.82) is 5.26 Å². The molecule has 0 aliphatic rings. The molecule has 1 heterocycles. The molecule has 0 saturated heterocycles. The van der Waals surface area contributed by atoms with Gasteiger partial charge in [0.25, 0.3) is 0 Å². The number of aliphatic hydroxyl groups excluding tert-OH is 1. The van der Waals surface area contributed by atoms with E-state index in [4.69, 9.17) is 14.7 Å². The van der Waals surface area contributed by atoms with E-state index in [1.165, 1.54) is 0 Å². The summed E-state index contributed by atoms with van der Waals surface area (Å²) in [7, 11) is 0. The topological polar surface area (TPSA) is 92.3 Å². The van der Waals surface area contributed by atoms with E-state index in [0.29, 0.717) is 24.1 Å². The quantitative estimate of drug-likeness (QED) is 0.732. The maximum absolute atomic E-state index is 9.98. The number of hydrogen-bond donors (Lipinski definition) is 2. The highest BCUT2D eigenvalue weighted by atomic mass is 16.5. The van der Waals surface area contributed by atoms with Crippen LogP contribution in [0.4, 0.5) is 5.82 Å². The molecule has 7 heteroatoms. The fourth-order valence-electron chi connectivity index (χ4n) is 1.94. The maximum atomic E-state index is 9.98. The molecule has 1 aromatic carbocycles. The smallest absolute Gasteiger partial charge is 0.174 e. The van der Waals surface area contributed by atoms with Crippen LogP contribution in [0.3, 0.4) is 0 Å². The molecule has 2 aromatic rings. The maximum Gasteiger partial charge on any atom is 0.174 e. The molecule has 0 spiro atoms. The Morgan fingerprint density at radius 1 is 1.21 bits per heavy atom. The average molecular weight is 330 g/mol. The second-order valence-corrected chi connectivity index (χ2v) is 5.54. The summed E-state index contributed by atoms with van der Waals surface area (Å²) in [6.45, 7) is 4.62. The van der Waals surface area contributed by atoms with Crippen molar-refractivity contribution >= 4 is 5.82 Å². The van der Waals surface area contributed by atoms with Crippen LogP contribution in [0.2, 0.25) is 0 Å². The van der Waals surface area contributed by atoms with Crippen molar-refractivity contribution < 1.29 is 14.6 Å². The monoisotopic (exact) mass is 330 g/mol. The minimum absolute atomic E-state index is 0.0111. The molecule has 128 valence electrons. The molecule has 0 aliphatic carbocycles. The Morgan fingerprint density at radius 2 is 1.88 bits per heavy atom. The molecule has 0 amide bonds. The molecule has 1 atom stereocenters. The van der Waals surface area contributed by atoms with Crippen LogP contribution in [0, 0.1) is 11.3 Å². The number of benzene rings is 1. The lowest BCUT2D eigenvalue weighted by atomic mass is 10.3. The van der Waals surface area contributed by atoms with E-state index in [2.05, 4.69) is 24.3 Å². The van der Waals surface area contributed by atoms with Gasteiger partial charge in [-0.15, -0.1) is 0 Å². The Labute approximate surface area is 141 Å². The lowest BCUT2D eigenvalue weighted by Gasteiger charge is -2.13. The van der Waals surface area contributed by atoms with Crippen LogP contribution in [-0.2, 0) is 0 Å². The Hall–Kier alpha value is -2.72. The lowest BCUT2D eigenvalue weighted by Crippen LogP contribution is -2.26. The first kappa shape index (κ1) is 17.6. The summed E-state index contributed by atoms with van der Waals surface area (Å²) in [4.78, 5) is 0. The summed E-state index contributed by atoms with van der Waals surface area (Å²) in [5.74, 6) is 1.95. The van der Waals surface area contributed by atoms with Gasteiger partial charge in [-0.3, -0.25) is 4.68 Å². The van der Waals surface area contributed by atoms with Gasteiger partial charge >= 0.3 is 0 Å². The van der Waals surface area contributed by atoms with Crippen molar-refractivity contribution in [2.75, 3.05) is 25.1 Å². The number of nitrogens with one attached hydrogen (secondary N) is 1. The summed E-state index contributed by atoms with van der Waals surface area (Å²) in [5.41, 5.74) is 0. The number of hydrogen-bond acceptors (Lipinski definition) is 6. The predicted molar refractivity (Wildman–Crippen MR) is 90.2 cm³/mol. The van der Waals surface area contributed by atoms with Crippen molar-refractivity contribution in [2.45, 2.75) is 26.0 Å². The van der Waals surface area contributed by atoms with Crippen LogP contribution in [0.5, 0.6) is 11.5 Å². The molecule has 0 aliphatic heterocycles.